The molecular weight excluding hydrogens is 179 g/mol. The lowest BCUT2D eigenvalue weighted by molar-refractivity contribution is 0.629. The highest BCUT2D eigenvalue weighted by Crippen LogP contribution is 2.15. The first-order valence-corrected chi connectivity index (χ1v) is 4.36. The van der Waals surface area contributed by atoms with E-state index in [0.29, 0.717) is 5.52 Å². The second-order valence-corrected chi connectivity index (χ2v) is 3.19. The van der Waals surface area contributed by atoms with Crippen LogP contribution in [0.1, 0.15) is 0 Å². The van der Waals surface area contributed by atoms with E-state index in [2.05, 4.69) is 4.98 Å². The van der Waals surface area contributed by atoms with Crippen molar-refractivity contribution in [3.8, 4) is 0 Å². The molecule has 3 heteroatoms. The average molecular weight is 186 g/mol. The largest absolute Gasteiger partial charge is 0.314 e. The molecule has 1 aromatic carbocycles. The SMILES string of the molecule is Fc1ccc2c(c1)ncc1cccn12. The molecule has 2 nitrogen and oxygen atoms in total. The van der Waals surface area contributed by atoms with Crippen LogP contribution in [0.4, 0.5) is 4.39 Å². The summed E-state index contributed by atoms with van der Waals surface area (Å²) in [5.41, 5.74) is 2.62. The smallest absolute Gasteiger partial charge is 0.125 e. The fraction of sp³-hybridized carbons (Fsp3) is 0. The number of hydrogen-bond acceptors (Lipinski definition) is 1. The Labute approximate surface area is 79.6 Å². The first-order chi connectivity index (χ1) is 6.84. The standard InChI is InChI=1S/C11H7FN2/c12-8-3-4-11-10(6-8)13-7-9-2-1-5-14(9)11/h1-7H. The summed E-state index contributed by atoms with van der Waals surface area (Å²) in [7, 11) is 0. The lowest BCUT2D eigenvalue weighted by Gasteiger charge is -2.01. The highest BCUT2D eigenvalue weighted by Gasteiger charge is 2.00. The number of nitrogens with zero attached hydrogens (tertiary/aromatic N) is 2. The van der Waals surface area contributed by atoms with Crippen LogP contribution in [0.2, 0.25) is 0 Å². The molecule has 0 N–H and O–H groups in total. The van der Waals surface area contributed by atoms with Gasteiger partial charge in [0.2, 0.25) is 0 Å². The molecule has 2 aromatic heterocycles. The summed E-state index contributed by atoms with van der Waals surface area (Å²) in [6.07, 6.45) is 3.68. The minimum atomic E-state index is -0.253. The molecule has 0 fully saturated rings. The Kier molecular flexibility index (Phi) is 1.36. The maximum absolute atomic E-state index is 12.9. The first-order valence-electron chi connectivity index (χ1n) is 4.36. The van der Waals surface area contributed by atoms with Gasteiger partial charge >= 0.3 is 0 Å². The highest BCUT2D eigenvalue weighted by atomic mass is 19.1. The van der Waals surface area contributed by atoms with Crippen molar-refractivity contribution in [3.63, 3.8) is 0 Å². The van der Waals surface area contributed by atoms with Gasteiger partial charge in [-0.15, -0.1) is 0 Å². The third-order valence-corrected chi connectivity index (χ3v) is 2.31. The highest BCUT2D eigenvalue weighted by molar-refractivity contribution is 5.78. The minimum absolute atomic E-state index is 0.253. The van der Waals surface area contributed by atoms with Crippen LogP contribution in [0.25, 0.3) is 16.6 Å². The molecule has 68 valence electrons. The van der Waals surface area contributed by atoms with Gasteiger partial charge in [0, 0.05) is 12.3 Å². The average Bonchev–Trinajstić information content (AvgIpc) is 2.65. The summed E-state index contributed by atoms with van der Waals surface area (Å²) < 4.78 is 14.9. The fourth-order valence-corrected chi connectivity index (χ4v) is 1.66. The Balaban J connectivity index is 2.57. The van der Waals surface area contributed by atoms with Gasteiger partial charge in [-0.25, -0.2) is 4.39 Å². The zero-order valence-electron chi connectivity index (χ0n) is 7.31. The van der Waals surface area contributed by atoms with Crippen LogP contribution in [0, 0.1) is 5.82 Å². The van der Waals surface area contributed by atoms with Gasteiger partial charge in [0.05, 0.1) is 22.7 Å². The summed E-state index contributed by atoms with van der Waals surface area (Å²) in [4.78, 5) is 4.18. The summed E-state index contributed by atoms with van der Waals surface area (Å²) in [6, 6.07) is 8.54. The third-order valence-electron chi connectivity index (χ3n) is 2.31. The number of rotatable bonds is 0. The lowest BCUT2D eigenvalue weighted by Crippen LogP contribution is -1.89. The van der Waals surface area contributed by atoms with Crippen LogP contribution in [0.5, 0.6) is 0 Å². The van der Waals surface area contributed by atoms with E-state index in [1.807, 2.05) is 22.7 Å². The maximum Gasteiger partial charge on any atom is 0.125 e. The van der Waals surface area contributed by atoms with Crippen molar-refractivity contribution >= 4 is 16.6 Å². The Morgan fingerprint density at radius 3 is 3.07 bits per heavy atom. The number of benzene rings is 1. The first kappa shape index (κ1) is 7.50. The van der Waals surface area contributed by atoms with E-state index in [4.69, 9.17) is 0 Å². The van der Waals surface area contributed by atoms with E-state index < -0.39 is 0 Å². The summed E-state index contributed by atoms with van der Waals surface area (Å²) >= 11 is 0. The van der Waals surface area contributed by atoms with E-state index >= 15 is 0 Å². The van der Waals surface area contributed by atoms with E-state index in [0.717, 1.165) is 11.0 Å². The van der Waals surface area contributed by atoms with Crippen LogP contribution in [0.3, 0.4) is 0 Å². The zero-order valence-corrected chi connectivity index (χ0v) is 7.31. The molecule has 0 atom stereocenters. The van der Waals surface area contributed by atoms with Gasteiger partial charge in [-0.1, -0.05) is 0 Å². The van der Waals surface area contributed by atoms with Crippen molar-refractivity contribution < 1.29 is 4.39 Å². The minimum Gasteiger partial charge on any atom is -0.314 e. The van der Waals surface area contributed by atoms with Gasteiger partial charge in [-0.3, -0.25) is 4.98 Å². The maximum atomic E-state index is 12.9. The van der Waals surface area contributed by atoms with Crippen LogP contribution in [0.15, 0.2) is 42.7 Å². The number of hydrogen-bond donors (Lipinski definition) is 0. The van der Waals surface area contributed by atoms with E-state index in [1.165, 1.54) is 12.1 Å². The molecule has 0 saturated heterocycles. The van der Waals surface area contributed by atoms with Crippen molar-refractivity contribution in [3.05, 3.63) is 48.5 Å². The van der Waals surface area contributed by atoms with Crippen LogP contribution in [-0.4, -0.2) is 9.38 Å². The van der Waals surface area contributed by atoms with Crippen molar-refractivity contribution in [2.24, 2.45) is 0 Å². The molecule has 0 bridgehead atoms. The Morgan fingerprint density at radius 1 is 1.21 bits per heavy atom. The van der Waals surface area contributed by atoms with Crippen molar-refractivity contribution in [2.45, 2.75) is 0 Å². The molecular formula is C11H7FN2. The third kappa shape index (κ3) is 0.923. The molecule has 0 spiro atoms. The quantitative estimate of drug-likeness (QED) is 0.527. The summed E-state index contributed by atoms with van der Waals surface area (Å²) in [5, 5.41) is 0. The molecule has 14 heavy (non-hydrogen) atoms. The second kappa shape index (κ2) is 2.54. The summed E-state index contributed by atoms with van der Waals surface area (Å²) in [5.74, 6) is -0.253. The molecule has 0 aliphatic rings. The Morgan fingerprint density at radius 2 is 2.14 bits per heavy atom. The van der Waals surface area contributed by atoms with Gasteiger partial charge in [0.15, 0.2) is 0 Å². The molecule has 3 aromatic rings. The van der Waals surface area contributed by atoms with Gasteiger partial charge in [-0.2, -0.15) is 0 Å². The Bertz CT molecular complexity index is 613. The molecule has 2 heterocycles. The van der Waals surface area contributed by atoms with Gasteiger partial charge in [-0.05, 0) is 24.3 Å². The monoisotopic (exact) mass is 186 g/mol. The normalized spacial score (nSPS) is 11.2. The van der Waals surface area contributed by atoms with Crippen molar-refractivity contribution in [1.82, 2.24) is 9.38 Å². The van der Waals surface area contributed by atoms with Crippen LogP contribution < -0.4 is 0 Å². The van der Waals surface area contributed by atoms with Gasteiger partial charge in [0.25, 0.3) is 0 Å². The molecule has 0 unspecified atom stereocenters. The Hall–Kier alpha value is -1.90. The number of halogens is 1. The summed E-state index contributed by atoms with van der Waals surface area (Å²) in [6.45, 7) is 0. The van der Waals surface area contributed by atoms with Gasteiger partial charge in [0.1, 0.15) is 5.82 Å². The number of aromatic nitrogens is 2. The van der Waals surface area contributed by atoms with Crippen molar-refractivity contribution in [2.75, 3.05) is 0 Å². The lowest BCUT2D eigenvalue weighted by atomic mass is 10.3. The van der Waals surface area contributed by atoms with Gasteiger partial charge < -0.3 is 4.40 Å². The van der Waals surface area contributed by atoms with E-state index in [-0.39, 0.29) is 5.82 Å². The zero-order chi connectivity index (χ0) is 9.54. The topological polar surface area (TPSA) is 17.3 Å². The number of fused-ring (bicyclic) bond motifs is 3. The van der Waals surface area contributed by atoms with Crippen LogP contribution >= 0.6 is 0 Å². The molecule has 0 aliphatic heterocycles. The second-order valence-electron chi connectivity index (χ2n) is 3.19. The van der Waals surface area contributed by atoms with Crippen molar-refractivity contribution in [1.29, 1.82) is 0 Å². The predicted molar refractivity (Wildman–Crippen MR) is 52.7 cm³/mol. The molecule has 0 saturated carbocycles. The molecule has 0 amide bonds. The molecule has 3 rings (SSSR count). The van der Waals surface area contributed by atoms with E-state index in [9.17, 15) is 4.39 Å². The fourth-order valence-electron chi connectivity index (χ4n) is 1.66. The molecule has 0 aliphatic carbocycles. The van der Waals surface area contributed by atoms with Crippen LogP contribution in [-0.2, 0) is 0 Å². The van der Waals surface area contributed by atoms with E-state index in [1.54, 1.807) is 12.3 Å². The predicted octanol–water partition coefficient (Wildman–Crippen LogP) is 2.63. The molecule has 0 radical (unpaired) electrons.